The number of fused-ring (bicyclic) bond motifs is 1. The first-order chi connectivity index (χ1) is 16.5. The van der Waals surface area contributed by atoms with Gasteiger partial charge in [-0.1, -0.05) is 6.07 Å². The van der Waals surface area contributed by atoms with Crippen LogP contribution in [0.5, 0.6) is 17.4 Å². The third-order valence-corrected chi connectivity index (χ3v) is 5.09. The fourth-order valence-electron chi connectivity index (χ4n) is 3.45. The van der Waals surface area contributed by atoms with Crippen molar-refractivity contribution in [3.63, 3.8) is 0 Å². The highest BCUT2D eigenvalue weighted by Crippen LogP contribution is 2.31. The Morgan fingerprint density at radius 3 is 2.63 bits per heavy atom. The predicted molar refractivity (Wildman–Crippen MR) is 119 cm³/mol. The van der Waals surface area contributed by atoms with Crippen molar-refractivity contribution in [3.05, 3.63) is 65.6 Å². The van der Waals surface area contributed by atoms with Crippen LogP contribution < -0.4 is 15.8 Å². The van der Waals surface area contributed by atoms with E-state index in [2.05, 4.69) is 15.4 Å². The molecule has 12 heteroatoms. The molecule has 4 N–H and O–H groups in total. The van der Waals surface area contributed by atoms with Gasteiger partial charge in [-0.2, -0.15) is 13.2 Å². The number of phenolic OH excluding ortho intramolecular Hbond substituents is 1. The number of alkyl halides is 3. The lowest BCUT2D eigenvalue weighted by Crippen LogP contribution is -2.15. The van der Waals surface area contributed by atoms with Crippen LogP contribution in [0, 0.1) is 12.7 Å². The number of aromatic nitrogens is 3. The van der Waals surface area contributed by atoms with Gasteiger partial charge >= 0.3 is 6.18 Å². The Bertz CT molecular complexity index is 1420. The second kappa shape index (κ2) is 9.12. The van der Waals surface area contributed by atoms with Crippen LogP contribution >= 0.6 is 0 Å². The topological polar surface area (TPSA) is 115 Å². The molecule has 0 spiro atoms. The summed E-state index contributed by atoms with van der Waals surface area (Å²) in [4.78, 5) is 15.8. The predicted octanol–water partition coefficient (Wildman–Crippen LogP) is 4.80. The van der Waals surface area contributed by atoms with Gasteiger partial charge < -0.3 is 20.9 Å². The van der Waals surface area contributed by atoms with Gasteiger partial charge in [0.15, 0.2) is 17.2 Å². The molecule has 0 bridgehead atoms. The maximum Gasteiger partial charge on any atom is 0.390 e. The van der Waals surface area contributed by atoms with E-state index in [1.165, 1.54) is 28.9 Å². The largest absolute Gasteiger partial charge is 0.508 e. The van der Waals surface area contributed by atoms with Crippen LogP contribution in [-0.4, -0.2) is 38.3 Å². The van der Waals surface area contributed by atoms with Crippen molar-refractivity contribution in [2.24, 2.45) is 5.73 Å². The lowest BCUT2D eigenvalue weighted by atomic mass is 10.0. The molecule has 0 aliphatic heterocycles. The molecule has 35 heavy (non-hydrogen) atoms. The number of imidazole rings is 1. The van der Waals surface area contributed by atoms with Gasteiger partial charge in [-0.05, 0) is 36.8 Å². The van der Waals surface area contributed by atoms with Crippen molar-refractivity contribution in [1.82, 2.24) is 14.6 Å². The van der Waals surface area contributed by atoms with E-state index < -0.39 is 30.9 Å². The molecule has 2 heterocycles. The number of benzene rings is 2. The maximum absolute atomic E-state index is 14.2. The quantitative estimate of drug-likeness (QED) is 0.321. The van der Waals surface area contributed by atoms with Crippen molar-refractivity contribution in [1.29, 1.82) is 0 Å². The van der Waals surface area contributed by atoms with Gasteiger partial charge in [0.05, 0.1) is 24.0 Å². The molecular formula is C23H19F4N5O3. The molecule has 0 unspecified atom stereocenters. The zero-order valence-corrected chi connectivity index (χ0v) is 18.2. The zero-order valence-electron chi connectivity index (χ0n) is 18.2. The van der Waals surface area contributed by atoms with Gasteiger partial charge in [0.1, 0.15) is 5.75 Å². The number of nitrogens with two attached hydrogens (primary N) is 1. The number of amides is 1. The summed E-state index contributed by atoms with van der Waals surface area (Å²) in [6.07, 6.45) is -4.00. The molecule has 2 aromatic carbocycles. The minimum Gasteiger partial charge on any atom is -0.508 e. The van der Waals surface area contributed by atoms with Crippen molar-refractivity contribution in [3.8, 4) is 28.6 Å². The third kappa shape index (κ3) is 5.26. The third-order valence-electron chi connectivity index (χ3n) is 5.09. The van der Waals surface area contributed by atoms with Gasteiger partial charge in [0, 0.05) is 29.8 Å². The standard InChI is InChI=1S/C23H19F4N5O3/c1-12-8-13(2-4-15(12)21(28)34)18-11-30-22-17(29-7-6-23(25,26)27)10-20(31-32(18)22)35-19-5-3-14(33)9-16(19)24/h2-5,8-11,29,33H,6-7H2,1H3,(H2,28,34). The smallest absolute Gasteiger partial charge is 0.390 e. The molecular weight excluding hydrogens is 470 g/mol. The maximum atomic E-state index is 14.2. The summed E-state index contributed by atoms with van der Waals surface area (Å²) in [7, 11) is 0. The van der Waals surface area contributed by atoms with E-state index in [1.807, 2.05) is 0 Å². The highest BCUT2D eigenvalue weighted by Gasteiger charge is 2.26. The summed E-state index contributed by atoms with van der Waals surface area (Å²) < 4.78 is 59.1. The summed E-state index contributed by atoms with van der Waals surface area (Å²) in [5, 5.41) is 16.4. The van der Waals surface area contributed by atoms with E-state index in [4.69, 9.17) is 10.5 Å². The lowest BCUT2D eigenvalue weighted by Gasteiger charge is -2.13. The number of ether oxygens (including phenoxy) is 1. The number of primary amides is 1. The van der Waals surface area contributed by atoms with Gasteiger partial charge in [-0.3, -0.25) is 4.79 Å². The molecule has 182 valence electrons. The van der Waals surface area contributed by atoms with Crippen LogP contribution in [0.15, 0.2) is 48.7 Å². The monoisotopic (exact) mass is 489 g/mol. The van der Waals surface area contributed by atoms with Gasteiger partial charge in [0.2, 0.25) is 11.8 Å². The summed E-state index contributed by atoms with van der Waals surface area (Å²) in [6, 6.07) is 9.41. The number of nitrogens with one attached hydrogen (secondary N) is 1. The van der Waals surface area contributed by atoms with Crippen LogP contribution in [-0.2, 0) is 0 Å². The van der Waals surface area contributed by atoms with Crippen molar-refractivity contribution >= 4 is 17.2 Å². The average molecular weight is 489 g/mol. The molecule has 0 radical (unpaired) electrons. The molecule has 1 amide bonds. The summed E-state index contributed by atoms with van der Waals surface area (Å²) in [5.74, 6) is -2.14. The lowest BCUT2D eigenvalue weighted by molar-refractivity contribution is -0.131. The fraction of sp³-hybridized carbons (Fsp3) is 0.174. The van der Waals surface area contributed by atoms with Gasteiger partial charge in [0.25, 0.3) is 0 Å². The van der Waals surface area contributed by atoms with Crippen LogP contribution in [0.25, 0.3) is 16.9 Å². The fourth-order valence-corrected chi connectivity index (χ4v) is 3.45. The molecule has 8 nitrogen and oxygen atoms in total. The van der Waals surface area contributed by atoms with E-state index >= 15 is 0 Å². The molecule has 0 saturated carbocycles. The van der Waals surface area contributed by atoms with Crippen LogP contribution in [0.1, 0.15) is 22.3 Å². The highest BCUT2D eigenvalue weighted by atomic mass is 19.4. The van der Waals surface area contributed by atoms with E-state index in [1.54, 1.807) is 25.1 Å². The van der Waals surface area contributed by atoms with Crippen LogP contribution in [0.4, 0.5) is 23.2 Å². The number of carbonyl (C=O) groups excluding carboxylic acids is 1. The number of nitrogens with zero attached hydrogens (tertiary/aromatic N) is 3. The number of aromatic hydroxyl groups is 1. The SMILES string of the molecule is Cc1cc(-c2cnc3c(NCCC(F)(F)F)cc(Oc4ccc(O)cc4F)nn23)ccc1C(N)=O. The van der Waals surface area contributed by atoms with Crippen molar-refractivity contribution in [2.45, 2.75) is 19.5 Å². The second-order valence-corrected chi connectivity index (χ2v) is 7.68. The van der Waals surface area contributed by atoms with Crippen LogP contribution in [0.3, 0.4) is 0 Å². The van der Waals surface area contributed by atoms with Gasteiger partial charge in [-0.25, -0.2) is 13.9 Å². The molecule has 0 saturated heterocycles. The molecule has 4 aromatic rings. The van der Waals surface area contributed by atoms with E-state index in [0.29, 0.717) is 22.4 Å². The molecule has 0 aliphatic rings. The number of rotatable bonds is 7. The number of anilines is 1. The summed E-state index contributed by atoms with van der Waals surface area (Å²) in [6.45, 7) is 1.26. The number of halogens is 4. The first-order valence-electron chi connectivity index (χ1n) is 10.3. The first kappa shape index (κ1) is 23.8. The number of aryl methyl sites for hydroxylation is 1. The van der Waals surface area contributed by atoms with Crippen molar-refractivity contribution in [2.75, 3.05) is 11.9 Å². The summed E-state index contributed by atoms with van der Waals surface area (Å²) in [5.41, 5.74) is 7.72. The zero-order chi connectivity index (χ0) is 25.3. The van der Waals surface area contributed by atoms with E-state index in [0.717, 1.165) is 6.07 Å². The first-order valence-corrected chi connectivity index (χ1v) is 10.3. The molecule has 0 fully saturated rings. The van der Waals surface area contributed by atoms with E-state index in [-0.39, 0.29) is 28.7 Å². The number of hydrogen-bond donors (Lipinski definition) is 3. The Balaban J connectivity index is 1.79. The second-order valence-electron chi connectivity index (χ2n) is 7.68. The number of hydrogen-bond acceptors (Lipinski definition) is 6. The summed E-state index contributed by atoms with van der Waals surface area (Å²) >= 11 is 0. The minimum atomic E-state index is -4.37. The Hall–Kier alpha value is -4.35. The van der Waals surface area contributed by atoms with E-state index in [9.17, 15) is 27.5 Å². The Morgan fingerprint density at radius 1 is 1.20 bits per heavy atom. The number of phenols is 1. The Labute approximate surface area is 196 Å². The Morgan fingerprint density at radius 2 is 1.97 bits per heavy atom. The molecule has 4 rings (SSSR count). The average Bonchev–Trinajstić information content (AvgIpc) is 3.18. The van der Waals surface area contributed by atoms with Gasteiger partial charge in [-0.15, -0.1) is 5.10 Å². The number of carbonyl (C=O) groups is 1. The highest BCUT2D eigenvalue weighted by molar-refractivity contribution is 5.94. The molecule has 0 atom stereocenters. The van der Waals surface area contributed by atoms with Crippen molar-refractivity contribution < 1.29 is 32.2 Å². The molecule has 0 aliphatic carbocycles. The Kier molecular flexibility index (Phi) is 6.20. The van der Waals surface area contributed by atoms with Crippen LogP contribution in [0.2, 0.25) is 0 Å². The minimum absolute atomic E-state index is 0.138. The molecule has 2 aromatic heterocycles. The normalized spacial score (nSPS) is 11.6.